The first-order valence-corrected chi connectivity index (χ1v) is 7.81. The van der Waals surface area contributed by atoms with Gasteiger partial charge in [0.15, 0.2) is 0 Å². The number of carbonyl (C=O) groups is 1. The molecule has 1 aliphatic rings. The Bertz CT molecular complexity index is 704. The molecule has 0 bridgehead atoms. The van der Waals surface area contributed by atoms with Gasteiger partial charge in [-0.1, -0.05) is 18.2 Å². The number of ether oxygens (including phenoxy) is 2. The van der Waals surface area contributed by atoms with Crippen LogP contribution in [0, 0.1) is 0 Å². The number of hydrogen-bond donors (Lipinski definition) is 0. The van der Waals surface area contributed by atoms with Crippen molar-refractivity contribution < 1.29 is 14.3 Å². The zero-order valence-corrected chi connectivity index (χ0v) is 12.4. The number of carbonyl (C=O) groups excluding carboxylic acids is 1. The standard InChI is InChI=1S/C15H14N2O4S/c18-14(11-5-2-1-3-6-11)20-9-13-21-12(10-22-13)17-8-4-7-16-15(17)19/h1-8,12-13H,9-10H2. The molecule has 0 N–H and O–H groups in total. The zero-order valence-electron chi connectivity index (χ0n) is 11.6. The maximum Gasteiger partial charge on any atom is 0.349 e. The first-order valence-electron chi connectivity index (χ1n) is 6.76. The number of benzene rings is 1. The molecule has 3 rings (SSSR count). The summed E-state index contributed by atoms with van der Waals surface area (Å²) in [6.07, 6.45) is 2.70. The number of aromatic nitrogens is 2. The second kappa shape index (κ2) is 6.76. The second-order valence-electron chi connectivity index (χ2n) is 4.63. The molecule has 1 fully saturated rings. The van der Waals surface area contributed by atoms with E-state index in [2.05, 4.69) is 4.98 Å². The van der Waals surface area contributed by atoms with Crippen LogP contribution in [0.15, 0.2) is 53.6 Å². The summed E-state index contributed by atoms with van der Waals surface area (Å²) in [4.78, 5) is 27.2. The Kier molecular flexibility index (Phi) is 4.55. The minimum atomic E-state index is -0.383. The van der Waals surface area contributed by atoms with E-state index in [9.17, 15) is 9.59 Å². The normalized spacial score (nSPS) is 20.7. The highest BCUT2D eigenvalue weighted by Gasteiger charge is 2.28. The van der Waals surface area contributed by atoms with Crippen LogP contribution in [0.4, 0.5) is 0 Å². The molecule has 0 amide bonds. The van der Waals surface area contributed by atoms with Crippen molar-refractivity contribution in [3.63, 3.8) is 0 Å². The second-order valence-corrected chi connectivity index (χ2v) is 5.82. The number of esters is 1. The van der Waals surface area contributed by atoms with E-state index in [1.807, 2.05) is 6.07 Å². The van der Waals surface area contributed by atoms with Gasteiger partial charge in [-0.3, -0.25) is 4.57 Å². The monoisotopic (exact) mass is 318 g/mol. The van der Waals surface area contributed by atoms with Crippen molar-refractivity contribution in [1.29, 1.82) is 0 Å². The van der Waals surface area contributed by atoms with Gasteiger partial charge in [-0.2, -0.15) is 0 Å². The average Bonchev–Trinajstić information content (AvgIpc) is 3.02. The highest BCUT2D eigenvalue weighted by molar-refractivity contribution is 8.00. The van der Waals surface area contributed by atoms with Gasteiger partial charge in [0.05, 0.1) is 5.56 Å². The predicted octanol–water partition coefficient (Wildman–Crippen LogP) is 1.69. The Labute approximate surface area is 131 Å². The van der Waals surface area contributed by atoms with Gasteiger partial charge in [0.2, 0.25) is 0 Å². The maximum absolute atomic E-state index is 11.9. The minimum absolute atomic E-state index is 0.143. The van der Waals surface area contributed by atoms with Gasteiger partial charge in [0, 0.05) is 18.1 Å². The lowest BCUT2D eigenvalue weighted by molar-refractivity contribution is -0.0178. The van der Waals surface area contributed by atoms with Crippen molar-refractivity contribution in [3.8, 4) is 0 Å². The van der Waals surface area contributed by atoms with E-state index in [-0.39, 0.29) is 29.9 Å². The molecule has 0 aliphatic carbocycles. The Morgan fingerprint density at radius 1 is 1.36 bits per heavy atom. The van der Waals surface area contributed by atoms with E-state index < -0.39 is 0 Å². The third-order valence-electron chi connectivity index (χ3n) is 3.14. The molecule has 2 aromatic rings. The molecule has 1 aliphatic heterocycles. The predicted molar refractivity (Wildman–Crippen MR) is 81.6 cm³/mol. The highest BCUT2D eigenvalue weighted by Crippen LogP contribution is 2.31. The highest BCUT2D eigenvalue weighted by atomic mass is 32.2. The molecule has 114 valence electrons. The number of rotatable bonds is 4. The summed E-state index contributed by atoms with van der Waals surface area (Å²) in [5.41, 5.74) is -0.134. The van der Waals surface area contributed by atoms with Crippen molar-refractivity contribution >= 4 is 17.7 Å². The number of thioether (sulfide) groups is 1. The van der Waals surface area contributed by atoms with Crippen LogP contribution in [0.3, 0.4) is 0 Å². The summed E-state index contributed by atoms with van der Waals surface area (Å²) < 4.78 is 12.4. The van der Waals surface area contributed by atoms with Crippen LogP contribution < -0.4 is 5.69 Å². The SMILES string of the molecule is O=C(OCC1OC(n2cccnc2=O)CS1)c1ccccc1. The van der Waals surface area contributed by atoms with E-state index in [1.54, 1.807) is 36.5 Å². The molecule has 0 radical (unpaired) electrons. The fourth-order valence-electron chi connectivity index (χ4n) is 2.07. The number of nitrogens with zero attached hydrogens (tertiary/aromatic N) is 2. The molecular weight excluding hydrogens is 304 g/mol. The molecule has 6 nitrogen and oxygen atoms in total. The molecule has 2 unspecified atom stereocenters. The van der Waals surface area contributed by atoms with Crippen molar-refractivity contribution in [2.75, 3.05) is 12.4 Å². The molecule has 0 saturated carbocycles. The summed E-state index contributed by atoms with van der Waals surface area (Å²) in [6.45, 7) is 0.143. The van der Waals surface area contributed by atoms with Crippen LogP contribution in [-0.4, -0.2) is 33.3 Å². The largest absolute Gasteiger partial charge is 0.458 e. The van der Waals surface area contributed by atoms with Gasteiger partial charge in [-0.05, 0) is 18.2 Å². The molecule has 22 heavy (non-hydrogen) atoms. The van der Waals surface area contributed by atoms with Crippen molar-refractivity contribution in [3.05, 3.63) is 64.8 Å². The first-order chi connectivity index (χ1) is 10.7. The molecule has 7 heteroatoms. The molecule has 1 aromatic carbocycles. The van der Waals surface area contributed by atoms with Crippen molar-refractivity contribution in [1.82, 2.24) is 9.55 Å². The van der Waals surface area contributed by atoms with Crippen molar-refractivity contribution in [2.24, 2.45) is 0 Å². The Hall–Kier alpha value is -2.12. The molecule has 0 spiro atoms. The Morgan fingerprint density at radius 2 is 2.18 bits per heavy atom. The lowest BCUT2D eigenvalue weighted by atomic mass is 10.2. The number of hydrogen-bond acceptors (Lipinski definition) is 6. The van der Waals surface area contributed by atoms with Gasteiger partial charge in [-0.15, -0.1) is 11.8 Å². The molecule has 1 saturated heterocycles. The Balaban J connectivity index is 1.55. The first kappa shape index (κ1) is 14.8. The molecule has 1 aromatic heterocycles. The van der Waals surface area contributed by atoms with E-state index in [4.69, 9.17) is 9.47 Å². The summed E-state index contributed by atoms with van der Waals surface area (Å²) in [6, 6.07) is 10.5. The summed E-state index contributed by atoms with van der Waals surface area (Å²) in [7, 11) is 0. The van der Waals surface area contributed by atoms with Gasteiger partial charge >= 0.3 is 11.7 Å². The van der Waals surface area contributed by atoms with Crippen molar-refractivity contribution in [2.45, 2.75) is 11.7 Å². The lowest BCUT2D eigenvalue weighted by Gasteiger charge is -2.14. The van der Waals surface area contributed by atoms with Crippen LogP contribution in [0.5, 0.6) is 0 Å². The maximum atomic E-state index is 11.9. The third-order valence-corrected chi connectivity index (χ3v) is 4.24. The summed E-state index contributed by atoms with van der Waals surface area (Å²) >= 11 is 1.50. The van der Waals surface area contributed by atoms with Crippen LogP contribution in [0.25, 0.3) is 0 Å². The van der Waals surface area contributed by atoms with E-state index in [0.717, 1.165) is 0 Å². The van der Waals surface area contributed by atoms with Crippen LogP contribution in [0.1, 0.15) is 16.6 Å². The van der Waals surface area contributed by atoms with Crippen LogP contribution >= 0.6 is 11.8 Å². The fraction of sp³-hybridized carbons (Fsp3) is 0.267. The quantitative estimate of drug-likeness (QED) is 0.799. The van der Waals surface area contributed by atoms with Crippen LogP contribution in [0.2, 0.25) is 0 Å². The fourth-order valence-corrected chi connectivity index (χ4v) is 3.06. The van der Waals surface area contributed by atoms with Gasteiger partial charge < -0.3 is 9.47 Å². The van der Waals surface area contributed by atoms with Gasteiger partial charge in [0.25, 0.3) is 0 Å². The smallest absolute Gasteiger partial charge is 0.349 e. The zero-order chi connectivity index (χ0) is 15.4. The lowest BCUT2D eigenvalue weighted by Crippen LogP contribution is -2.28. The Morgan fingerprint density at radius 3 is 2.95 bits per heavy atom. The van der Waals surface area contributed by atoms with E-state index in [0.29, 0.717) is 11.3 Å². The average molecular weight is 318 g/mol. The topological polar surface area (TPSA) is 70.4 Å². The van der Waals surface area contributed by atoms with Gasteiger partial charge in [-0.25, -0.2) is 14.6 Å². The van der Waals surface area contributed by atoms with E-state index >= 15 is 0 Å². The summed E-state index contributed by atoms with van der Waals surface area (Å²) in [5.74, 6) is 0.228. The summed E-state index contributed by atoms with van der Waals surface area (Å²) in [5, 5.41) is 0. The minimum Gasteiger partial charge on any atom is -0.458 e. The molecular formula is C15H14N2O4S. The molecule has 2 atom stereocenters. The van der Waals surface area contributed by atoms with Crippen LogP contribution in [-0.2, 0) is 9.47 Å². The van der Waals surface area contributed by atoms with Gasteiger partial charge in [0.1, 0.15) is 18.3 Å². The molecule has 2 heterocycles. The third kappa shape index (κ3) is 3.37. The van der Waals surface area contributed by atoms with E-state index in [1.165, 1.54) is 22.5 Å².